The molecule has 2 saturated heterocycles. The van der Waals surface area contributed by atoms with E-state index >= 15 is 0 Å². The Kier molecular flexibility index (Phi) is 47.7. The Labute approximate surface area is 848 Å². The Morgan fingerprint density at radius 1 is 0.490 bits per heavy atom. The largest absolute Gasteiger partial charge is 0.418 e. The second-order valence-corrected chi connectivity index (χ2v) is 36.5. The van der Waals surface area contributed by atoms with E-state index in [2.05, 4.69) is 64.9 Å². The van der Waals surface area contributed by atoms with Gasteiger partial charge in [0.25, 0.3) is 0 Å². The number of fused-ring (bicyclic) bond motifs is 2. The van der Waals surface area contributed by atoms with Crippen molar-refractivity contribution in [3.63, 3.8) is 0 Å². The third-order valence-electron chi connectivity index (χ3n) is 26.4. The summed E-state index contributed by atoms with van der Waals surface area (Å²) in [5.41, 5.74) is 25.4. The molecule has 5 amide bonds. The highest BCUT2D eigenvalue weighted by atomic mass is 35.5. The van der Waals surface area contributed by atoms with Crippen molar-refractivity contribution in [3.8, 4) is 35.8 Å². The molecular formula is C104H136Cl2FN21O15. The van der Waals surface area contributed by atoms with Gasteiger partial charge in [-0.1, -0.05) is 36.4 Å². The average Bonchev–Trinajstić information content (AvgIpc) is 0.768. The van der Waals surface area contributed by atoms with E-state index in [0.717, 1.165) is 231 Å². The van der Waals surface area contributed by atoms with E-state index in [9.17, 15) is 38.9 Å². The summed E-state index contributed by atoms with van der Waals surface area (Å²) in [4.78, 5) is 96.1. The number of urea groups is 1. The van der Waals surface area contributed by atoms with Crippen molar-refractivity contribution in [2.75, 3.05) is 156 Å². The second kappa shape index (κ2) is 59.7. The number of para-hydroxylation sites is 2. The van der Waals surface area contributed by atoms with E-state index in [1.54, 1.807) is 135 Å². The number of nitrogens with zero attached hydrogens (tertiary/aromatic N) is 15. The molecule has 0 radical (unpaired) electrons. The van der Waals surface area contributed by atoms with E-state index < -0.39 is 29.9 Å². The lowest BCUT2D eigenvalue weighted by molar-refractivity contribution is -0.137. The quantitative estimate of drug-likeness (QED) is 0.0242. The number of likely N-dealkylation sites (N-methyl/N-ethyl adjacent to an activating group) is 2. The van der Waals surface area contributed by atoms with Crippen LogP contribution in [0.1, 0.15) is 201 Å². The van der Waals surface area contributed by atoms with Crippen LogP contribution in [0.15, 0.2) is 122 Å². The van der Waals surface area contributed by atoms with Crippen molar-refractivity contribution in [1.82, 2.24) is 49.5 Å². The van der Waals surface area contributed by atoms with Crippen molar-refractivity contribution < 1.29 is 75.7 Å². The summed E-state index contributed by atoms with van der Waals surface area (Å²) in [6, 6.07) is 36.5. The van der Waals surface area contributed by atoms with Crippen LogP contribution in [-0.4, -0.2) is 233 Å². The molecule has 2 aromatic carbocycles. The van der Waals surface area contributed by atoms with Crippen LogP contribution >= 0.6 is 24.0 Å². The third-order valence-corrected chi connectivity index (χ3v) is 26.4. The first-order valence-electron chi connectivity index (χ1n) is 48.2. The summed E-state index contributed by atoms with van der Waals surface area (Å²) >= 11 is 4.95. The molecule has 0 atom stereocenters. The fraction of sp³-hybridized carbons (Fsp3) is 0.510. The van der Waals surface area contributed by atoms with Gasteiger partial charge in [-0.3, -0.25) is 34.9 Å². The molecular weight excluding hydrogens is 1870 g/mol. The first-order valence-corrected chi connectivity index (χ1v) is 48.6. The van der Waals surface area contributed by atoms with Gasteiger partial charge in [-0.05, 0) is 273 Å². The molecule has 4 saturated carbocycles. The minimum absolute atomic E-state index is 0. The number of piperazine rings is 2. The number of anilines is 6. The molecule has 8 aromatic rings. The van der Waals surface area contributed by atoms with Crippen LogP contribution in [0.4, 0.5) is 53.7 Å². The predicted molar refractivity (Wildman–Crippen MR) is 542 cm³/mol. The monoisotopic (exact) mass is 2010 g/mol. The lowest BCUT2D eigenvalue weighted by Crippen LogP contribution is -2.48. The zero-order valence-electron chi connectivity index (χ0n) is 83.4. The summed E-state index contributed by atoms with van der Waals surface area (Å²) in [7, 11) is 17.3. The van der Waals surface area contributed by atoms with Gasteiger partial charge in [0.2, 0.25) is 24.4 Å². The minimum Gasteiger partial charge on any atom is -0.415 e. The molecule has 39 heteroatoms. The third kappa shape index (κ3) is 35.9. The predicted octanol–water partition coefficient (Wildman–Crippen LogP) is 15.7. The minimum atomic E-state index is -0.814. The molecule has 36 nitrogen and oxygen atoms in total. The van der Waals surface area contributed by atoms with Gasteiger partial charge >= 0.3 is 17.6 Å². The van der Waals surface area contributed by atoms with Gasteiger partial charge in [0.15, 0.2) is 0 Å². The summed E-state index contributed by atoms with van der Waals surface area (Å²) in [5.74, 6) is 4.91. The molecule has 8 aliphatic rings. The van der Waals surface area contributed by atoms with Gasteiger partial charge < -0.3 is 79.7 Å². The topological polar surface area (TPSA) is 480 Å². The number of hydrogen-bond acceptors (Lipinski definition) is 31. The molecule has 4 aliphatic carbocycles. The number of benzene rings is 2. The molecule has 4 aliphatic heterocycles. The number of nitriles is 4. The molecule has 0 bridgehead atoms. The van der Waals surface area contributed by atoms with Gasteiger partial charge in [0, 0.05) is 152 Å². The van der Waals surface area contributed by atoms with Crippen molar-refractivity contribution >= 4 is 88.3 Å². The Balaban J connectivity index is 0.000000200. The highest BCUT2D eigenvalue weighted by Crippen LogP contribution is 2.38. The number of rotatable bonds is 24. The van der Waals surface area contributed by atoms with E-state index in [1.165, 1.54) is 11.8 Å². The number of pyridine rings is 6. The number of hydrogen-bond donors (Lipinski definition) is 6. The fourth-order valence-electron chi connectivity index (χ4n) is 18.3. The number of nitrogens with two attached hydrogens (primary N) is 3. The number of nitrogen functional groups attached to an aromatic ring is 2. The van der Waals surface area contributed by atoms with Gasteiger partial charge in [-0.2, -0.15) is 21.0 Å². The maximum absolute atomic E-state index is 13.7. The van der Waals surface area contributed by atoms with E-state index in [-0.39, 0.29) is 41.6 Å². The van der Waals surface area contributed by atoms with Gasteiger partial charge in [-0.25, -0.2) is 48.7 Å². The summed E-state index contributed by atoms with van der Waals surface area (Å²) in [6.07, 6.45) is 29.0. The van der Waals surface area contributed by atoms with Crippen LogP contribution in [0.5, 0.6) is 11.5 Å². The highest BCUT2D eigenvalue weighted by molar-refractivity contribution is 6.61. The van der Waals surface area contributed by atoms with E-state index in [1.807, 2.05) is 64.0 Å². The Hall–Kier alpha value is -12.3. The normalized spacial score (nSPS) is 19.7. The molecule has 6 fully saturated rings. The van der Waals surface area contributed by atoms with Crippen molar-refractivity contribution in [1.29, 1.82) is 21.0 Å². The van der Waals surface area contributed by atoms with Crippen molar-refractivity contribution in [2.24, 2.45) is 23.5 Å². The zero-order chi connectivity index (χ0) is 102. The van der Waals surface area contributed by atoms with E-state index in [0.29, 0.717) is 145 Å². The van der Waals surface area contributed by atoms with Gasteiger partial charge in [0.05, 0.1) is 60.4 Å². The van der Waals surface area contributed by atoms with Gasteiger partial charge in [-0.15, -0.1) is 12.4 Å². The summed E-state index contributed by atoms with van der Waals surface area (Å²) in [5, 5.41) is 45.3. The fourth-order valence-corrected chi connectivity index (χ4v) is 18.4. The molecule has 6 aromatic heterocycles. The lowest BCUT2D eigenvalue weighted by atomic mass is 9.83. The maximum atomic E-state index is 13.7. The van der Waals surface area contributed by atoms with Gasteiger partial charge in [0.1, 0.15) is 93.5 Å². The van der Waals surface area contributed by atoms with Crippen LogP contribution in [-0.2, 0) is 92.7 Å². The number of aromatic nitrogens is 6. The van der Waals surface area contributed by atoms with Crippen molar-refractivity contribution in [2.45, 2.75) is 204 Å². The summed E-state index contributed by atoms with van der Waals surface area (Å²) < 4.78 is 65.8. The summed E-state index contributed by atoms with van der Waals surface area (Å²) in [6.45, 7) is 6.23. The van der Waals surface area contributed by atoms with E-state index in [4.69, 9.17) is 91.9 Å². The number of aryl methyl sites for hydroxylation is 2. The highest BCUT2D eigenvalue weighted by Gasteiger charge is 2.34. The number of halogens is 3. The van der Waals surface area contributed by atoms with Crippen molar-refractivity contribution in [3.05, 3.63) is 200 Å². The molecule has 0 spiro atoms. The standard InChI is InChI=1S/C32H43N7O5.C21H23N3O3.C17H26N4O3.C14H19N3O.C7H5ClO2.C7H15NO.C6H4FN3.ClH/c1-37-12-13-38(28(40)20-37)19-24-15-22-6-5-11-39(30(22)36-29(24)31(43-3)44-4)32(41)35-27-16-23(25(17-33)18-34-27)14-21-7-9-26(42-2)10-8-21;1-26-18-9-7-15(8-10-18)11-16-12-20(23-14-17(16)13-22)24-21(25)27-19-5-3-2-4-6-19;1-20-7-8-21(14(22)11-20)10-13-9-12-5-4-6-18-16(12)19-15(13)17(23-2)24-3;1-18-13-4-2-10(3-5-13)6-11-7-14(16)17-9-12(11)8-15;8-7(9)10-6-4-2-1-3-5-6;1-9-7-4-2-6(8)3-5-7;7-5-1-6(9)10-3-4(5)2-8;/h15-16,18,21,26,31H,5-14,19-20H2,1-4H3,(H,34,35,41);2-6,12,14-15,18H,7-11H2,1H3,(H,23,24,25);9,17H,4-8,10-11H2,1-3H3,(H,18,19);7,9-10,13H,2-6H2,1H3,(H2,16,17);1-5H;6-7H,2-5,8H2,1H3;1,3H,(H2,9,10);1H. The molecule has 768 valence electrons. The smallest absolute Gasteiger partial charge is 0.415 e. The first kappa shape index (κ1) is 114. The number of carbonyl (C=O) groups excluding carboxylic acids is 5. The van der Waals surface area contributed by atoms with Crippen LogP contribution in [0.2, 0.25) is 0 Å². The van der Waals surface area contributed by atoms with Crippen LogP contribution < -0.4 is 47.5 Å². The number of carbonyl (C=O) groups is 5. The number of amides is 5. The van der Waals surface area contributed by atoms with Crippen LogP contribution in [0.3, 0.4) is 0 Å². The first-order chi connectivity index (χ1) is 68.7. The molecule has 143 heavy (non-hydrogen) atoms. The number of methoxy groups -OCH3 is 8. The molecule has 10 heterocycles. The Morgan fingerprint density at radius 3 is 1.31 bits per heavy atom. The lowest BCUT2D eigenvalue weighted by Gasteiger charge is -2.34. The molecule has 9 N–H and O–H groups in total. The second-order valence-electron chi connectivity index (χ2n) is 36.2. The van der Waals surface area contributed by atoms with Crippen LogP contribution in [0.25, 0.3) is 0 Å². The van der Waals surface area contributed by atoms with Crippen LogP contribution in [0, 0.1) is 68.9 Å². The SMILES string of the molecule is COC(OC)c1nc2c(cc1CN1CCN(C)CC1=O)CCCN2.COC1CCC(Cc2cc(N)ncc2C#N)CC1.COC1CCC(Cc2cc(NC(=O)N3CCCc4cc(CN5CCN(C)CC5=O)c(C(OC)OC)nc43)ncc2C#N)CC1.COC1CCC(Cc2cc(NC(=O)Oc3ccccc3)ncc2C#N)CC1.COC1CCC(N)CC1.Cl.N#Cc1cnc(N)cc1F.O=C(Cl)Oc1ccccc1. The Bertz CT molecular complexity index is 5570. The molecule has 0 unspecified atom stereocenters. The number of ether oxygens (including phenoxy) is 10. The number of nitrogens with one attached hydrogen (secondary N) is 3. The Morgan fingerprint density at radius 2 is 0.888 bits per heavy atom. The maximum Gasteiger partial charge on any atom is 0.418 e. The average molecular weight is 2010 g/mol. The molecule has 16 rings (SSSR count). The zero-order valence-corrected chi connectivity index (χ0v) is 85.0.